The van der Waals surface area contributed by atoms with Crippen LogP contribution in [0.15, 0.2) is 52.1 Å². The largest absolute Gasteiger partial charge is 0.496 e. The van der Waals surface area contributed by atoms with Crippen molar-refractivity contribution in [3.63, 3.8) is 0 Å². The molecule has 7 nitrogen and oxygen atoms in total. The molecule has 0 amide bonds. The molecule has 0 saturated carbocycles. The Hall–Kier alpha value is -1.78. The highest BCUT2D eigenvalue weighted by Crippen LogP contribution is 2.25. The van der Waals surface area contributed by atoms with Crippen molar-refractivity contribution >= 4 is 29.9 Å². The number of nitrogens with one attached hydrogen (secondary N) is 2. The van der Waals surface area contributed by atoms with Gasteiger partial charge in [-0.3, -0.25) is 9.89 Å². The number of guanidine groups is 1. The number of nitrogens with zero attached hydrogens (tertiary/aromatic N) is 2. The Morgan fingerprint density at radius 2 is 1.97 bits per heavy atom. The topological polar surface area (TPSA) is 71.3 Å². The van der Waals surface area contributed by atoms with Crippen molar-refractivity contribution < 1.29 is 13.9 Å². The summed E-state index contributed by atoms with van der Waals surface area (Å²) in [6, 6.07) is 12.1. The molecule has 0 aliphatic carbocycles. The first-order chi connectivity index (χ1) is 14.8. The van der Waals surface area contributed by atoms with Crippen LogP contribution in [0, 0.1) is 0 Å². The van der Waals surface area contributed by atoms with Crippen LogP contribution in [0.1, 0.15) is 37.1 Å². The standard InChI is InChI=1S/C23H34N4O3.HI/c1-3-24-23(25-12-16-29-18-19-9-4-5-10-21(19)28-2)26-17-20(22-11-8-15-30-22)27-13-6-7-14-27;/h4-5,8-11,15,20H,3,6-7,12-14,16-18H2,1-2H3,(H2,24,25,26);1H. The number of hydrogen-bond donors (Lipinski definition) is 2. The van der Waals surface area contributed by atoms with Crippen LogP contribution in [-0.4, -0.2) is 57.3 Å². The maximum absolute atomic E-state index is 5.81. The van der Waals surface area contributed by atoms with E-state index in [-0.39, 0.29) is 30.0 Å². The van der Waals surface area contributed by atoms with Crippen LogP contribution < -0.4 is 15.4 Å². The lowest BCUT2D eigenvalue weighted by atomic mass is 10.2. The van der Waals surface area contributed by atoms with Gasteiger partial charge in [-0.05, 0) is 51.1 Å². The molecule has 2 aromatic rings. The Kier molecular flexibility index (Phi) is 11.8. The summed E-state index contributed by atoms with van der Waals surface area (Å²) < 4.78 is 16.9. The van der Waals surface area contributed by atoms with Crippen molar-refractivity contribution in [2.45, 2.75) is 32.4 Å². The molecule has 1 aromatic heterocycles. The molecule has 1 unspecified atom stereocenters. The predicted octanol–water partition coefficient (Wildman–Crippen LogP) is 3.82. The Morgan fingerprint density at radius 3 is 2.68 bits per heavy atom. The third kappa shape index (κ3) is 8.01. The van der Waals surface area contributed by atoms with Crippen LogP contribution in [0.3, 0.4) is 0 Å². The zero-order valence-corrected chi connectivity index (χ0v) is 20.8. The van der Waals surface area contributed by atoms with Gasteiger partial charge in [0.05, 0.1) is 39.2 Å². The fourth-order valence-electron chi connectivity index (χ4n) is 3.68. The average molecular weight is 542 g/mol. The summed E-state index contributed by atoms with van der Waals surface area (Å²) in [7, 11) is 1.68. The van der Waals surface area contributed by atoms with Gasteiger partial charge in [0.1, 0.15) is 11.5 Å². The van der Waals surface area contributed by atoms with Gasteiger partial charge in [-0.1, -0.05) is 18.2 Å². The number of halogens is 1. The van der Waals surface area contributed by atoms with E-state index in [1.165, 1.54) is 12.8 Å². The van der Waals surface area contributed by atoms with Gasteiger partial charge in [0.25, 0.3) is 0 Å². The van der Waals surface area contributed by atoms with Crippen molar-refractivity contribution in [2.75, 3.05) is 46.4 Å². The summed E-state index contributed by atoms with van der Waals surface area (Å²) in [4.78, 5) is 7.28. The van der Waals surface area contributed by atoms with E-state index >= 15 is 0 Å². The van der Waals surface area contributed by atoms with Gasteiger partial charge in [0.2, 0.25) is 0 Å². The van der Waals surface area contributed by atoms with Crippen LogP contribution in [0.5, 0.6) is 5.75 Å². The quantitative estimate of drug-likeness (QED) is 0.195. The van der Waals surface area contributed by atoms with E-state index in [0.717, 1.165) is 42.7 Å². The number of benzene rings is 1. The predicted molar refractivity (Wildman–Crippen MR) is 134 cm³/mol. The van der Waals surface area contributed by atoms with Crippen molar-refractivity contribution in [1.29, 1.82) is 0 Å². The average Bonchev–Trinajstić information content (AvgIpc) is 3.49. The SMILES string of the molecule is CCNC(=NCC(c1ccco1)N1CCCC1)NCCOCc1ccccc1OC.I. The highest BCUT2D eigenvalue weighted by atomic mass is 127. The zero-order chi connectivity index (χ0) is 21.0. The van der Waals surface area contributed by atoms with Gasteiger partial charge in [-0.25, -0.2) is 0 Å². The van der Waals surface area contributed by atoms with Crippen molar-refractivity contribution in [1.82, 2.24) is 15.5 Å². The number of likely N-dealkylation sites (tertiary alicyclic amines) is 1. The molecule has 0 bridgehead atoms. The Balaban J connectivity index is 0.00000341. The second-order valence-electron chi connectivity index (χ2n) is 7.29. The lowest BCUT2D eigenvalue weighted by molar-refractivity contribution is 0.123. The fraction of sp³-hybridized carbons (Fsp3) is 0.522. The molecule has 0 spiro atoms. The van der Waals surface area contributed by atoms with Crippen molar-refractivity contribution in [3.8, 4) is 5.75 Å². The van der Waals surface area contributed by atoms with Crippen molar-refractivity contribution in [3.05, 3.63) is 54.0 Å². The second kappa shape index (κ2) is 14.3. The molecule has 2 heterocycles. The minimum atomic E-state index is 0. The molecule has 31 heavy (non-hydrogen) atoms. The van der Waals surface area contributed by atoms with E-state index in [0.29, 0.717) is 26.3 Å². The van der Waals surface area contributed by atoms with Crippen LogP contribution in [0.2, 0.25) is 0 Å². The molecule has 1 saturated heterocycles. The molecule has 8 heteroatoms. The van der Waals surface area contributed by atoms with Gasteiger partial charge in [-0.15, -0.1) is 24.0 Å². The zero-order valence-electron chi connectivity index (χ0n) is 18.5. The highest BCUT2D eigenvalue weighted by Gasteiger charge is 2.25. The maximum Gasteiger partial charge on any atom is 0.191 e. The second-order valence-corrected chi connectivity index (χ2v) is 7.29. The normalized spacial score (nSPS) is 15.4. The Labute approximate surface area is 202 Å². The summed E-state index contributed by atoms with van der Waals surface area (Å²) in [5, 5.41) is 6.68. The maximum atomic E-state index is 5.81. The third-order valence-corrected chi connectivity index (χ3v) is 5.21. The number of para-hydroxylation sites is 1. The molecule has 2 N–H and O–H groups in total. The lowest BCUT2D eigenvalue weighted by Crippen LogP contribution is -2.39. The minimum absolute atomic E-state index is 0. The number of furan rings is 1. The van der Waals surface area contributed by atoms with Gasteiger partial charge in [0, 0.05) is 18.7 Å². The first-order valence-corrected chi connectivity index (χ1v) is 10.8. The van der Waals surface area contributed by atoms with E-state index < -0.39 is 0 Å². The van der Waals surface area contributed by atoms with E-state index in [9.17, 15) is 0 Å². The summed E-state index contributed by atoms with van der Waals surface area (Å²) in [6.07, 6.45) is 4.22. The van der Waals surface area contributed by atoms with Crippen LogP contribution in [0.4, 0.5) is 0 Å². The molecule has 1 aliphatic rings. The summed E-state index contributed by atoms with van der Waals surface area (Å²) in [5.74, 6) is 2.64. The van der Waals surface area contributed by atoms with Gasteiger partial charge < -0.3 is 24.5 Å². The highest BCUT2D eigenvalue weighted by molar-refractivity contribution is 14.0. The summed E-state index contributed by atoms with van der Waals surface area (Å²) in [6.45, 7) is 7.51. The summed E-state index contributed by atoms with van der Waals surface area (Å²) in [5.41, 5.74) is 1.05. The van der Waals surface area contributed by atoms with Crippen LogP contribution in [0.25, 0.3) is 0 Å². The molecule has 172 valence electrons. The minimum Gasteiger partial charge on any atom is -0.496 e. The van der Waals surface area contributed by atoms with Gasteiger partial charge in [0.15, 0.2) is 5.96 Å². The number of rotatable bonds is 11. The lowest BCUT2D eigenvalue weighted by Gasteiger charge is -2.24. The van der Waals surface area contributed by atoms with Gasteiger partial charge in [-0.2, -0.15) is 0 Å². The third-order valence-electron chi connectivity index (χ3n) is 5.21. The first-order valence-electron chi connectivity index (χ1n) is 10.8. The van der Waals surface area contributed by atoms with Gasteiger partial charge >= 0.3 is 0 Å². The Morgan fingerprint density at radius 1 is 1.16 bits per heavy atom. The van der Waals surface area contributed by atoms with E-state index in [1.54, 1.807) is 13.4 Å². The number of aliphatic imine (C=N–C) groups is 1. The first kappa shape index (κ1) is 25.5. The van der Waals surface area contributed by atoms with E-state index in [2.05, 4.69) is 22.5 Å². The molecule has 3 rings (SSSR count). The van der Waals surface area contributed by atoms with E-state index in [1.807, 2.05) is 36.4 Å². The number of ether oxygens (including phenoxy) is 2. The number of methoxy groups -OCH3 is 1. The number of hydrogen-bond acceptors (Lipinski definition) is 5. The molecular formula is C23H35IN4O3. The monoisotopic (exact) mass is 542 g/mol. The molecule has 1 atom stereocenters. The Bertz CT molecular complexity index is 764. The summed E-state index contributed by atoms with van der Waals surface area (Å²) >= 11 is 0. The molecule has 0 radical (unpaired) electrons. The molecule has 1 fully saturated rings. The van der Waals surface area contributed by atoms with Crippen LogP contribution in [-0.2, 0) is 11.3 Å². The molecule has 1 aliphatic heterocycles. The van der Waals surface area contributed by atoms with Crippen molar-refractivity contribution in [2.24, 2.45) is 4.99 Å². The smallest absolute Gasteiger partial charge is 0.191 e. The fourth-order valence-corrected chi connectivity index (χ4v) is 3.68. The van der Waals surface area contributed by atoms with E-state index in [4.69, 9.17) is 18.9 Å². The molecular weight excluding hydrogens is 507 g/mol. The van der Waals surface area contributed by atoms with Crippen LogP contribution >= 0.6 is 24.0 Å². The molecule has 1 aromatic carbocycles.